The number of carboxylic acids is 1. The lowest BCUT2D eigenvalue weighted by molar-refractivity contribution is -0.146. The van der Waals surface area contributed by atoms with E-state index in [1.807, 2.05) is 0 Å². The summed E-state index contributed by atoms with van der Waals surface area (Å²) in [6.45, 7) is 1.56. The Balaban J connectivity index is 4.04. The maximum Gasteiger partial charge on any atom is 0.325 e. The van der Waals surface area contributed by atoms with Crippen molar-refractivity contribution < 1.29 is 24.2 Å². The topological polar surface area (TPSA) is 83.9 Å². The fraction of sp³-hybridized carbons (Fsp3) is 0.700. The highest BCUT2D eigenvalue weighted by atomic mass is 16.5. The maximum absolute atomic E-state index is 11.5. The number of nitrogens with zero attached hydrogens (tertiary/aromatic N) is 1. The maximum atomic E-state index is 11.5. The Kier molecular flexibility index (Phi) is 6.14. The molecule has 0 saturated carbocycles. The summed E-state index contributed by atoms with van der Waals surface area (Å²) in [7, 11) is 2.72. The van der Waals surface area contributed by atoms with Gasteiger partial charge in [-0.3, -0.25) is 14.4 Å². The first-order valence-corrected chi connectivity index (χ1v) is 4.89. The van der Waals surface area contributed by atoms with Gasteiger partial charge >= 0.3 is 11.9 Å². The highest BCUT2D eigenvalue weighted by molar-refractivity contribution is 5.82. The third-order valence-corrected chi connectivity index (χ3v) is 2.07. The smallest absolute Gasteiger partial charge is 0.325 e. The van der Waals surface area contributed by atoms with Crippen LogP contribution in [0.1, 0.15) is 19.8 Å². The van der Waals surface area contributed by atoms with Crippen molar-refractivity contribution in [2.24, 2.45) is 5.92 Å². The average Bonchev–Trinajstić information content (AvgIpc) is 2.15. The number of ether oxygens (including phenoxy) is 1. The van der Waals surface area contributed by atoms with Gasteiger partial charge in [0.15, 0.2) is 0 Å². The van der Waals surface area contributed by atoms with E-state index in [4.69, 9.17) is 5.11 Å². The van der Waals surface area contributed by atoms with Crippen LogP contribution in [0.4, 0.5) is 0 Å². The van der Waals surface area contributed by atoms with Gasteiger partial charge in [0.1, 0.15) is 6.54 Å². The lowest BCUT2D eigenvalue weighted by Crippen LogP contribution is -2.33. The van der Waals surface area contributed by atoms with Crippen LogP contribution in [0, 0.1) is 5.92 Å². The Morgan fingerprint density at radius 1 is 1.31 bits per heavy atom. The number of amides is 1. The first-order chi connectivity index (χ1) is 7.36. The number of likely N-dealkylation sites (N-methyl/N-ethyl adjacent to an activating group) is 1. The monoisotopic (exact) mass is 231 g/mol. The lowest BCUT2D eigenvalue weighted by Gasteiger charge is -2.17. The average molecular weight is 231 g/mol. The second-order valence-corrected chi connectivity index (χ2v) is 3.73. The Hall–Kier alpha value is -1.59. The summed E-state index contributed by atoms with van der Waals surface area (Å²) in [6.07, 6.45) is 0.0532. The van der Waals surface area contributed by atoms with Crippen LogP contribution in [0.15, 0.2) is 0 Å². The van der Waals surface area contributed by atoms with Crippen molar-refractivity contribution in [3.63, 3.8) is 0 Å². The Morgan fingerprint density at radius 2 is 1.88 bits per heavy atom. The van der Waals surface area contributed by atoms with E-state index in [0.717, 1.165) is 0 Å². The van der Waals surface area contributed by atoms with Crippen molar-refractivity contribution in [1.29, 1.82) is 0 Å². The molecular formula is C10H17NO5. The van der Waals surface area contributed by atoms with Crippen molar-refractivity contribution in [2.75, 3.05) is 20.7 Å². The molecule has 0 rings (SSSR count). The third kappa shape index (κ3) is 6.00. The molecule has 16 heavy (non-hydrogen) atoms. The van der Waals surface area contributed by atoms with Gasteiger partial charge in [0.2, 0.25) is 5.91 Å². The van der Waals surface area contributed by atoms with Gasteiger partial charge in [-0.1, -0.05) is 6.92 Å². The van der Waals surface area contributed by atoms with E-state index in [0.29, 0.717) is 0 Å². The molecule has 1 N–H and O–H groups in total. The molecule has 92 valence electrons. The molecule has 0 fully saturated rings. The number of hydrogen-bond donors (Lipinski definition) is 1. The van der Waals surface area contributed by atoms with E-state index in [1.165, 1.54) is 19.1 Å². The minimum Gasteiger partial charge on any atom is -0.481 e. The fourth-order valence-electron chi connectivity index (χ4n) is 1.17. The molecule has 0 radical (unpaired) electrons. The molecule has 6 heteroatoms. The molecule has 0 aromatic rings. The molecule has 1 unspecified atom stereocenters. The molecule has 0 heterocycles. The highest BCUT2D eigenvalue weighted by Crippen LogP contribution is 2.09. The van der Waals surface area contributed by atoms with Gasteiger partial charge < -0.3 is 14.7 Å². The molecule has 0 bridgehead atoms. The summed E-state index contributed by atoms with van der Waals surface area (Å²) in [5, 5.41) is 8.52. The molecule has 0 aromatic heterocycles. The van der Waals surface area contributed by atoms with Crippen molar-refractivity contribution in [3.05, 3.63) is 0 Å². The summed E-state index contributed by atoms with van der Waals surface area (Å²) in [5.41, 5.74) is 0. The Bertz CT molecular complexity index is 276. The predicted molar refractivity (Wildman–Crippen MR) is 55.7 cm³/mol. The van der Waals surface area contributed by atoms with Crippen LogP contribution in [0.25, 0.3) is 0 Å². The van der Waals surface area contributed by atoms with Gasteiger partial charge in [-0.05, 0) is 5.92 Å². The van der Waals surface area contributed by atoms with Crippen molar-refractivity contribution in [1.82, 2.24) is 4.90 Å². The van der Waals surface area contributed by atoms with E-state index < -0.39 is 11.9 Å². The summed E-state index contributed by atoms with van der Waals surface area (Å²) in [6, 6.07) is 0. The van der Waals surface area contributed by atoms with Crippen LogP contribution in [0.5, 0.6) is 0 Å². The zero-order valence-electron chi connectivity index (χ0n) is 9.73. The van der Waals surface area contributed by atoms with Crippen molar-refractivity contribution in [3.8, 4) is 0 Å². The number of carbonyl (C=O) groups is 3. The van der Waals surface area contributed by atoms with Gasteiger partial charge in [-0.15, -0.1) is 0 Å². The predicted octanol–water partition coefficient (Wildman–Crippen LogP) is 0.119. The minimum atomic E-state index is -0.934. The zero-order chi connectivity index (χ0) is 12.7. The van der Waals surface area contributed by atoms with Crippen LogP contribution in [-0.2, 0) is 19.1 Å². The van der Waals surface area contributed by atoms with Crippen molar-refractivity contribution >= 4 is 17.8 Å². The van der Waals surface area contributed by atoms with Gasteiger partial charge in [0.05, 0.1) is 7.11 Å². The van der Waals surface area contributed by atoms with Crippen LogP contribution >= 0.6 is 0 Å². The number of aliphatic carboxylic acids is 1. The molecular weight excluding hydrogens is 214 g/mol. The lowest BCUT2D eigenvalue weighted by atomic mass is 10.0. The van der Waals surface area contributed by atoms with Crippen LogP contribution in [0.3, 0.4) is 0 Å². The Morgan fingerprint density at radius 3 is 2.31 bits per heavy atom. The minimum absolute atomic E-state index is 0.0577. The number of carboxylic acid groups (broad SMARTS) is 1. The Labute approximate surface area is 94.2 Å². The SMILES string of the molecule is COC(=O)CN(C)C(=O)CC(C)CC(=O)O. The zero-order valence-corrected chi connectivity index (χ0v) is 9.73. The van der Waals surface area contributed by atoms with Crippen LogP contribution in [-0.4, -0.2) is 48.6 Å². The second-order valence-electron chi connectivity index (χ2n) is 3.73. The number of hydrogen-bond acceptors (Lipinski definition) is 4. The number of rotatable bonds is 6. The first kappa shape index (κ1) is 14.4. The molecule has 0 aliphatic rings. The number of methoxy groups -OCH3 is 1. The molecule has 0 spiro atoms. The summed E-state index contributed by atoms with van der Waals surface area (Å²) >= 11 is 0. The van der Waals surface area contributed by atoms with E-state index >= 15 is 0 Å². The van der Waals surface area contributed by atoms with Gasteiger partial charge in [0.25, 0.3) is 0 Å². The molecule has 0 aromatic carbocycles. The molecule has 6 nitrogen and oxygen atoms in total. The molecule has 0 saturated heterocycles. The summed E-state index contributed by atoms with van der Waals surface area (Å²) in [5.74, 6) is -1.94. The fourth-order valence-corrected chi connectivity index (χ4v) is 1.17. The molecule has 1 atom stereocenters. The van der Waals surface area contributed by atoms with E-state index in [9.17, 15) is 14.4 Å². The number of carbonyl (C=O) groups excluding carboxylic acids is 2. The summed E-state index contributed by atoms with van der Waals surface area (Å²) in [4.78, 5) is 34.0. The normalized spacial score (nSPS) is 11.7. The highest BCUT2D eigenvalue weighted by Gasteiger charge is 2.17. The van der Waals surface area contributed by atoms with Gasteiger partial charge in [0, 0.05) is 19.9 Å². The third-order valence-electron chi connectivity index (χ3n) is 2.07. The van der Waals surface area contributed by atoms with Crippen LogP contribution < -0.4 is 0 Å². The van der Waals surface area contributed by atoms with Gasteiger partial charge in [-0.2, -0.15) is 0 Å². The standard InChI is InChI=1S/C10H17NO5/c1-7(5-9(13)14)4-8(12)11(2)6-10(15)16-3/h7H,4-6H2,1-3H3,(H,13,14). The second kappa shape index (κ2) is 6.81. The molecule has 0 aliphatic carbocycles. The number of esters is 1. The quantitative estimate of drug-likeness (QED) is 0.656. The van der Waals surface area contributed by atoms with Gasteiger partial charge in [-0.25, -0.2) is 0 Å². The largest absolute Gasteiger partial charge is 0.481 e. The molecule has 0 aliphatic heterocycles. The molecule has 1 amide bonds. The first-order valence-electron chi connectivity index (χ1n) is 4.89. The van der Waals surface area contributed by atoms with E-state index in [1.54, 1.807) is 6.92 Å². The summed E-state index contributed by atoms with van der Waals surface area (Å²) < 4.78 is 4.41. The van der Waals surface area contributed by atoms with Crippen LogP contribution in [0.2, 0.25) is 0 Å². The van der Waals surface area contributed by atoms with E-state index in [2.05, 4.69) is 4.74 Å². The van der Waals surface area contributed by atoms with Crippen molar-refractivity contribution in [2.45, 2.75) is 19.8 Å². The van der Waals surface area contributed by atoms with E-state index in [-0.39, 0.29) is 31.2 Å².